The zero-order valence-corrected chi connectivity index (χ0v) is 33.1. The smallest absolute Gasteiger partial charge is 0.0631 e. The first-order valence-electron chi connectivity index (χ1n) is 18.0. The Morgan fingerprint density at radius 1 is 0.192 bits per heavy atom. The van der Waals surface area contributed by atoms with E-state index >= 15 is 0 Å². The third-order valence-corrected chi connectivity index (χ3v) is 53.2. The van der Waals surface area contributed by atoms with Crippen LogP contribution in [0.2, 0.25) is 0 Å². The molecule has 0 spiro atoms. The molecule has 4 heteroatoms. The van der Waals surface area contributed by atoms with Gasteiger partial charge in [0.2, 0.25) is 0 Å². The summed E-state index contributed by atoms with van der Waals surface area (Å²) in [5, 5.41) is 12.0. The standard InChI is InChI=1S/C48H40Si4/c1-9-25-41(26-10-1)49(42-27-11-2-12-28-42)51(45-33-17-5-18-34-45,46-35-19-6-20-36-46)52(47-37-21-7-22-38-47,48-39-23-8-24-40-48)50(43-29-13-3-14-30-43)44-31-15-4-16-32-44/h1-40H. The second-order valence-electron chi connectivity index (χ2n) is 13.2. The maximum absolute atomic E-state index is 3.06. The van der Waals surface area contributed by atoms with Crippen molar-refractivity contribution in [2.75, 3.05) is 0 Å². The van der Waals surface area contributed by atoms with Gasteiger partial charge < -0.3 is 0 Å². The quantitative estimate of drug-likeness (QED) is 0.157. The van der Waals surface area contributed by atoms with Crippen molar-refractivity contribution in [2.45, 2.75) is 0 Å². The monoisotopic (exact) mass is 728 g/mol. The van der Waals surface area contributed by atoms with Crippen LogP contribution in [0, 0.1) is 0 Å². The third-order valence-electron chi connectivity index (χ3n) is 10.4. The molecular formula is C48H40Si4. The molecule has 8 aromatic rings. The molecule has 0 heterocycles. The van der Waals surface area contributed by atoms with Gasteiger partial charge in [0, 0.05) is 0 Å². The highest BCUT2D eigenvalue weighted by molar-refractivity contribution is 7.94. The Hall–Kier alpha value is -5.37. The van der Waals surface area contributed by atoms with Crippen LogP contribution in [-0.2, 0) is 0 Å². The van der Waals surface area contributed by atoms with E-state index in [9.17, 15) is 0 Å². The van der Waals surface area contributed by atoms with E-state index in [2.05, 4.69) is 243 Å². The van der Waals surface area contributed by atoms with Crippen LogP contribution in [0.4, 0.5) is 0 Å². The molecular weight excluding hydrogens is 689 g/mol. The Kier molecular flexibility index (Phi) is 10.0. The Morgan fingerprint density at radius 2 is 0.346 bits per heavy atom. The van der Waals surface area contributed by atoms with Gasteiger partial charge in [-0.05, 0) is 0 Å². The number of benzene rings is 8. The second-order valence-corrected chi connectivity index (χ2v) is 37.3. The van der Waals surface area contributed by atoms with Crippen LogP contribution < -0.4 is 41.5 Å². The lowest BCUT2D eigenvalue weighted by Crippen LogP contribution is -3.00. The summed E-state index contributed by atoms with van der Waals surface area (Å²) >= 11 is 0. The predicted octanol–water partition coefficient (Wildman–Crippen LogP) is 5.37. The molecule has 0 saturated heterocycles. The van der Waals surface area contributed by atoms with Gasteiger partial charge in [-0.2, -0.15) is 0 Å². The van der Waals surface area contributed by atoms with Crippen molar-refractivity contribution in [2.24, 2.45) is 0 Å². The average molecular weight is 729 g/mol. The highest BCUT2D eigenvalue weighted by Crippen LogP contribution is 2.28. The van der Waals surface area contributed by atoms with Crippen LogP contribution in [0.15, 0.2) is 243 Å². The van der Waals surface area contributed by atoms with Crippen molar-refractivity contribution in [3.05, 3.63) is 243 Å². The van der Waals surface area contributed by atoms with Crippen LogP contribution in [-0.4, -0.2) is 30.8 Å². The maximum Gasteiger partial charge on any atom is 0.121 e. The minimum absolute atomic E-state index is 1.48. The molecule has 0 bridgehead atoms. The first-order valence-corrected chi connectivity index (χ1v) is 28.0. The van der Waals surface area contributed by atoms with Crippen molar-refractivity contribution < 1.29 is 0 Å². The molecule has 2 radical (unpaired) electrons. The average Bonchev–Trinajstić information content (AvgIpc) is 3.24. The zero-order chi connectivity index (χ0) is 35.1. The van der Waals surface area contributed by atoms with Crippen molar-refractivity contribution in [1.29, 1.82) is 0 Å². The fraction of sp³-hybridized carbons (Fsp3) is 0. The van der Waals surface area contributed by atoms with Gasteiger partial charge in [0.25, 0.3) is 0 Å². The first kappa shape index (κ1) is 33.8. The molecule has 0 aliphatic heterocycles. The molecule has 0 atom stereocenters. The van der Waals surface area contributed by atoms with Crippen molar-refractivity contribution >= 4 is 72.3 Å². The third kappa shape index (κ3) is 5.94. The van der Waals surface area contributed by atoms with Crippen LogP contribution in [0.25, 0.3) is 0 Å². The molecule has 8 aromatic carbocycles. The molecule has 0 amide bonds. The maximum atomic E-state index is 2.51. The minimum Gasteiger partial charge on any atom is -0.0631 e. The second kappa shape index (κ2) is 15.5. The van der Waals surface area contributed by atoms with Gasteiger partial charge in [0.1, 0.15) is 30.8 Å². The molecule has 52 heavy (non-hydrogen) atoms. The highest BCUT2D eigenvalue weighted by atomic mass is 29.8. The summed E-state index contributed by atoms with van der Waals surface area (Å²) in [6.45, 7) is 0. The molecule has 0 saturated carbocycles. The largest absolute Gasteiger partial charge is 0.121 e. The predicted molar refractivity (Wildman–Crippen MR) is 232 cm³/mol. The summed E-state index contributed by atoms with van der Waals surface area (Å²) in [6, 6.07) is 93.9. The summed E-state index contributed by atoms with van der Waals surface area (Å²) in [5.74, 6) is 0. The summed E-state index contributed by atoms with van der Waals surface area (Å²) in [4.78, 5) is 0. The summed E-state index contributed by atoms with van der Waals surface area (Å²) in [5.41, 5.74) is 0. The molecule has 0 unspecified atom stereocenters. The van der Waals surface area contributed by atoms with Gasteiger partial charge in [-0.1, -0.05) is 284 Å². The molecule has 8 rings (SSSR count). The van der Waals surface area contributed by atoms with E-state index in [0.717, 1.165) is 0 Å². The van der Waals surface area contributed by atoms with Crippen LogP contribution in [0.1, 0.15) is 0 Å². The number of rotatable bonds is 11. The van der Waals surface area contributed by atoms with E-state index < -0.39 is 30.8 Å². The molecule has 0 aromatic heterocycles. The normalized spacial score (nSPS) is 11.8. The van der Waals surface area contributed by atoms with E-state index in [4.69, 9.17) is 0 Å². The van der Waals surface area contributed by atoms with Crippen molar-refractivity contribution in [3.63, 3.8) is 0 Å². The molecule has 0 fully saturated rings. The highest BCUT2D eigenvalue weighted by Gasteiger charge is 2.68. The fourth-order valence-electron chi connectivity index (χ4n) is 8.52. The molecule has 0 nitrogen and oxygen atoms in total. The van der Waals surface area contributed by atoms with Gasteiger partial charge in [-0.25, -0.2) is 0 Å². The van der Waals surface area contributed by atoms with E-state index in [1.807, 2.05) is 0 Å². The summed E-state index contributed by atoms with van der Waals surface area (Å²) in [6.07, 6.45) is 0. The lowest BCUT2D eigenvalue weighted by molar-refractivity contribution is 1.70. The van der Waals surface area contributed by atoms with Gasteiger partial charge in [-0.15, -0.1) is 0 Å². The van der Waals surface area contributed by atoms with Crippen molar-refractivity contribution in [1.82, 2.24) is 0 Å². The van der Waals surface area contributed by atoms with Gasteiger partial charge in [0.05, 0.1) is 0 Å². The van der Waals surface area contributed by atoms with E-state index in [1.54, 1.807) is 0 Å². The van der Waals surface area contributed by atoms with Gasteiger partial charge in [0.15, 0.2) is 0 Å². The van der Waals surface area contributed by atoms with E-state index in [1.165, 1.54) is 41.5 Å². The lowest BCUT2D eigenvalue weighted by Gasteiger charge is -2.56. The Morgan fingerprint density at radius 3 is 0.519 bits per heavy atom. The topological polar surface area (TPSA) is 0 Å². The first-order chi connectivity index (χ1) is 25.8. The van der Waals surface area contributed by atoms with Gasteiger partial charge in [-0.3, -0.25) is 0 Å². The van der Waals surface area contributed by atoms with Crippen molar-refractivity contribution in [3.8, 4) is 0 Å². The zero-order valence-electron chi connectivity index (χ0n) is 29.1. The van der Waals surface area contributed by atoms with Crippen LogP contribution >= 0.6 is 0 Å². The summed E-state index contributed by atoms with van der Waals surface area (Å²) < 4.78 is 0. The Bertz CT molecular complexity index is 1950. The minimum atomic E-state index is -3.06. The molecule has 0 N–H and O–H groups in total. The fourth-order valence-corrected chi connectivity index (χ4v) is 66.1. The number of hydrogen-bond acceptors (Lipinski definition) is 0. The molecule has 0 aliphatic rings. The van der Waals surface area contributed by atoms with E-state index in [-0.39, 0.29) is 0 Å². The molecule has 248 valence electrons. The molecule has 0 aliphatic carbocycles. The Balaban J connectivity index is 1.71. The SMILES string of the molecule is c1ccc([Si](c2ccccc2)[Si](c2ccccc2)(c2ccccc2)[Si](c2ccccc2)(c2ccccc2)[Si](c2ccccc2)c2ccccc2)cc1. The van der Waals surface area contributed by atoms with Crippen LogP contribution in [0.5, 0.6) is 0 Å². The lowest BCUT2D eigenvalue weighted by atomic mass is 10.4. The summed E-state index contributed by atoms with van der Waals surface area (Å²) in [7, 11) is -9.30. The Labute approximate surface area is 313 Å². The van der Waals surface area contributed by atoms with Crippen LogP contribution in [0.3, 0.4) is 0 Å². The van der Waals surface area contributed by atoms with Gasteiger partial charge >= 0.3 is 0 Å². The number of hydrogen-bond donors (Lipinski definition) is 0. The van der Waals surface area contributed by atoms with E-state index in [0.29, 0.717) is 0 Å².